The van der Waals surface area contributed by atoms with Gasteiger partial charge >= 0.3 is 11.9 Å². The number of H-pyrrole nitrogens is 1. The van der Waals surface area contributed by atoms with Gasteiger partial charge < -0.3 is 15.0 Å². The summed E-state index contributed by atoms with van der Waals surface area (Å²) in [5.74, 6) is -1.03. The summed E-state index contributed by atoms with van der Waals surface area (Å²) in [6.45, 7) is 1.79. The van der Waals surface area contributed by atoms with Crippen LogP contribution in [-0.2, 0) is 14.3 Å². The Morgan fingerprint density at radius 2 is 2.17 bits per heavy atom. The smallest absolute Gasteiger partial charge is 0.397 e. The molecule has 0 unspecified atom stereocenters. The molecule has 0 atom stereocenters. The van der Waals surface area contributed by atoms with Gasteiger partial charge in [-0.2, -0.15) is 0 Å². The molecule has 0 radical (unpaired) electrons. The number of aromatic nitrogens is 3. The first-order valence-electron chi connectivity index (χ1n) is 7.05. The van der Waals surface area contributed by atoms with E-state index in [4.69, 9.17) is 0 Å². The highest BCUT2D eigenvalue weighted by atomic mass is 16.5. The molecule has 7 heteroatoms. The minimum Gasteiger partial charge on any atom is -0.459 e. The van der Waals surface area contributed by atoms with E-state index in [1.165, 1.54) is 0 Å². The molecule has 2 aromatic heterocycles. The van der Waals surface area contributed by atoms with Crippen LogP contribution in [0.3, 0.4) is 0 Å². The third-order valence-electron chi connectivity index (χ3n) is 3.14. The highest BCUT2D eigenvalue weighted by Gasteiger charge is 2.15. The molecule has 0 saturated carbocycles. The number of pyridine rings is 1. The Hall–Kier alpha value is -3.22. The number of nitrogens with zero attached hydrogens (tertiary/aromatic N) is 2. The summed E-state index contributed by atoms with van der Waals surface area (Å²) in [6.07, 6.45) is 3.40. The summed E-state index contributed by atoms with van der Waals surface area (Å²) >= 11 is 0. The van der Waals surface area contributed by atoms with Crippen LogP contribution in [-0.4, -0.2) is 33.4 Å². The number of esters is 1. The predicted octanol–water partition coefficient (Wildman–Crippen LogP) is 2.13. The second-order valence-electron chi connectivity index (χ2n) is 4.73. The van der Waals surface area contributed by atoms with Crippen molar-refractivity contribution in [2.45, 2.75) is 6.92 Å². The van der Waals surface area contributed by atoms with Crippen molar-refractivity contribution >= 4 is 28.6 Å². The molecule has 1 amide bonds. The fourth-order valence-electron chi connectivity index (χ4n) is 2.11. The third kappa shape index (κ3) is 3.18. The van der Waals surface area contributed by atoms with Gasteiger partial charge in [-0.3, -0.25) is 9.78 Å². The topological polar surface area (TPSA) is 97.0 Å². The van der Waals surface area contributed by atoms with E-state index in [0.29, 0.717) is 11.5 Å². The van der Waals surface area contributed by atoms with Gasteiger partial charge in [-0.25, -0.2) is 9.78 Å². The average Bonchev–Trinajstić information content (AvgIpc) is 2.99. The first-order valence-corrected chi connectivity index (χ1v) is 7.05. The Morgan fingerprint density at radius 3 is 2.91 bits per heavy atom. The lowest BCUT2D eigenvalue weighted by Crippen LogP contribution is -2.24. The largest absolute Gasteiger partial charge is 0.459 e. The molecule has 2 heterocycles. The maximum absolute atomic E-state index is 11.6. The van der Waals surface area contributed by atoms with Crippen molar-refractivity contribution in [1.29, 1.82) is 0 Å². The molecule has 7 nitrogen and oxygen atoms in total. The summed E-state index contributed by atoms with van der Waals surface area (Å²) in [4.78, 5) is 34.7. The number of hydrogen-bond donors (Lipinski definition) is 2. The highest BCUT2D eigenvalue weighted by molar-refractivity contribution is 6.37. The molecular weight excluding hydrogens is 296 g/mol. The second-order valence-corrected chi connectivity index (χ2v) is 4.73. The fraction of sp³-hybridized carbons (Fsp3) is 0.125. The summed E-state index contributed by atoms with van der Waals surface area (Å²) < 4.78 is 4.65. The molecule has 116 valence electrons. The lowest BCUT2D eigenvalue weighted by molar-refractivity contribution is -0.152. The van der Waals surface area contributed by atoms with Crippen molar-refractivity contribution in [1.82, 2.24) is 15.0 Å². The lowest BCUT2D eigenvalue weighted by atomic mass is 10.3. The third-order valence-corrected chi connectivity index (χ3v) is 3.14. The van der Waals surface area contributed by atoms with E-state index < -0.39 is 11.9 Å². The number of carbonyl (C=O) groups is 2. The van der Waals surface area contributed by atoms with Gasteiger partial charge in [-0.1, -0.05) is 0 Å². The molecule has 23 heavy (non-hydrogen) atoms. The Kier molecular flexibility index (Phi) is 4.01. The maximum Gasteiger partial charge on any atom is 0.397 e. The van der Waals surface area contributed by atoms with Gasteiger partial charge in [0.15, 0.2) is 0 Å². The van der Waals surface area contributed by atoms with Crippen LogP contribution in [0, 0.1) is 0 Å². The molecule has 3 rings (SSSR count). The van der Waals surface area contributed by atoms with E-state index in [9.17, 15) is 9.59 Å². The Bertz CT molecular complexity index is 858. The van der Waals surface area contributed by atoms with E-state index in [1.807, 2.05) is 12.1 Å². The van der Waals surface area contributed by atoms with Crippen LogP contribution in [0.1, 0.15) is 6.92 Å². The van der Waals surface area contributed by atoms with E-state index in [2.05, 4.69) is 25.0 Å². The summed E-state index contributed by atoms with van der Waals surface area (Å²) in [5.41, 5.74) is 2.83. The highest BCUT2D eigenvalue weighted by Crippen LogP contribution is 2.22. The summed E-state index contributed by atoms with van der Waals surface area (Å²) in [5, 5.41) is 2.49. The summed E-state index contributed by atoms with van der Waals surface area (Å²) in [7, 11) is 0. The molecule has 0 bridgehead atoms. The van der Waals surface area contributed by atoms with Gasteiger partial charge in [0.2, 0.25) is 0 Å². The molecule has 0 saturated heterocycles. The van der Waals surface area contributed by atoms with E-state index >= 15 is 0 Å². The van der Waals surface area contributed by atoms with E-state index in [1.54, 1.807) is 37.5 Å². The number of benzene rings is 1. The second kappa shape index (κ2) is 6.27. The lowest BCUT2D eigenvalue weighted by Gasteiger charge is -2.04. The number of carbonyl (C=O) groups excluding carboxylic acids is 2. The van der Waals surface area contributed by atoms with Gasteiger partial charge in [0.1, 0.15) is 5.82 Å². The van der Waals surface area contributed by atoms with Crippen molar-refractivity contribution in [2.24, 2.45) is 0 Å². The molecule has 0 aliphatic carbocycles. The Labute approximate surface area is 131 Å². The fourth-order valence-corrected chi connectivity index (χ4v) is 2.11. The number of aromatic amines is 1. The number of amides is 1. The van der Waals surface area contributed by atoms with Crippen molar-refractivity contribution in [3.63, 3.8) is 0 Å². The number of fused-ring (bicyclic) bond motifs is 1. The number of nitrogens with one attached hydrogen (secondary N) is 2. The molecule has 2 N–H and O–H groups in total. The monoisotopic (exact) mass is 310 g/mol. The van der Waals surface area contributed by atoms with Crippen LogP contribution in [0.25, 0.3) is 22.4 Å². The number of rotatable bonds is 3. The van der Waals surface area contributed by atoms with Crippen LogP contribution in [0.5, 0.6) is 0 Å². The van der Waals surface area contributed by atoms with Crippen LogP contribution >= 0.6 is 0 Å². The first kappa shape index (κ1) is 14.7. The first-order chi connectivity index (χ1) is 11.2. The van der Waals surface area contributed by atoms with E-state index in [-0.39, 0.29) is 6.61 Å². The van der Waals surface area contributed by atoms with Gasteiger partial charge in [0, 0.05) is 23.6 Å². The zero-order valence-corrected chi connectivity index (χ0v) is 12.4. The number of ether oxygens (including phenoxy) is 1. The number of imidazole rings is 1. The van der Waals surface area contributed by atoms with Crippen molar-refractivity contribution in [3.8, 4) is 11.4 Å². The number of anilines is 1. The maximum atomic E-state index is 11.6. The zero-order valence-electron chi connectivity index (χ0n) is 12.4. The zero-order chi connectivity index (χ0) is 16.2. The average molecular weight is 310 g/mol. The van der Waals surface area contributed by atoms with Gasteiger partial charge in [-0.05, 0) is 37.3 Å². The minimum atomic E-state index is -0.909. The molecule has 1 aromatic carbocycles. The van der Waals surface area contributed by atoms with Crippen molar-refractivity contribution < 1.29 is 14.3 Å². The normalized spacial score (nSPS) is 10.5. The van der Waals surface area contributed by atoms with Crippen molar-refractivity contribution in [2.75, 3.05) is 11.9 Å². The Morgan fingerprint density at radius 1 is 1.30 bits per heavy atom. The quantitative estimate of drug-likeness (QED) is 0.570. The van der Waals surface area contributed by atoms with Crippen LogP contribution in [0.2, 0.25) is 0 Å². The van der Waals surface area contributed by atoms with Gasteiger partial charge in [0.05, 0.1) is 17.6 Å². The molecule has 3 aromatic rings. The molecule has 0 spiro atoms. The molecule has 0 aliphatic rings. The molecular formula is C16H14N4O3. The van der Waals surface area contributed by atoms with Crippen LogP contribution < -0.4 is 5.32 Å². The molecule has 0 aliphatic heterocycles. The SMILES string of the molecule is CCOC(=O)C(=O)Nc1ccc2nc(-c3cccnc3)[nH]c2c1. The standard InChI is InChI=1S/C16H14N4O3/c1-2-23-16(22)15(21)18-11-5-6-12-13(8-11)20-14(19-12)10-4-3-7-17-9-10/h3-9H,2H2,1H3,(H,18,21)(H,19,20). The van der Waals surface area contributed by atoms with E-state index in [0.717, 1.165) is 16.6 Å². The summed E-state index contributed by atoms with van der Waals surface area (Å²) in [6, 6.07) is 8.86. The van der Waals surface area contributed by atoms with Gasteiger partial charge in [-0.15, -0.1) is 0 Å². The predicted molar refractivity (Wildman–Crippen MR) is 84.6 cm³/mol. The minimum absolute atomic E-state index is 0.153. The van der Waals surface area contributed by atoms with Crippen LogP contribution in [0.15, 0.2) is 42.7 Å². The van der Waals surface area contributed by atoms with Crippen molar-refractivity contribution in [3.05, 3.63) is 42.7 Å². The van der Waals surface area contributed by atoms with Gasteiger partial charge in [0.25, 0.3) is 0 Å². The Balaban J connectivity index is 1.85. The molecule has 0 fully saturated rings. The van der Waals surface area contributed by atoms with Crippen LogP contribution in [0.4, 0.5) is 5.69 Å². The number of hydrogen-bond acceptors (Lipinski definition) is 5.